The first-order valence-corrected chi connectivity index (χ1v) is 11.5. The van der Waals surface area contributed by atoms with Crippen LogP contribution in [0.2, 0.25) is 0 Å². The third-order valence-corrected chi connectivity index (χ3v) is 7.77. The Hall–Kier alpha value is -2.04. The van der Waals surface area contributed by atoms with E-state index in [1.54, 1.807) is 6.92 Å². The molecule has 1 fully saturated rings. The third kappa shape index (κ3) is 4.33. The molecule has 0 aromatic heterocycles. The van der Waals surface area contributed by atoms with Gasteiger partial charge in [-0.05, 0) is 95.4 Å². The van der Waals surface area contributed by atoms with Crippen LogP contribution in [0, 0.1) is 13.8 Å². The second-order valence-corrected chi connectivity index (χ2v) is 11.3. The molecule has 0 saturated carbocycles. The summed E-state index contributed by atoms with van der Waals surface area (Å²) < 4.78 is 5.61. The maximum atomic E-state index is 12.6. The maximum absolute atomic E-state index is 12.6. The summed E-state index contributed by atoms with van der Waals surface area (Å²) in [5.74, 6) is 0.361. The van der Waals surface area contributed by atoms with E-state index in [-0.39, 0.29) is 28.9 Å². The summed E-state index contributed by atoms with van der Waals surface area (Å²) in [6, 6.07) is 4.72. The van der Waals surface area contributed by atoms with Crippen LogP contribution in [0.25, 0.3) is 0 Å². The van der Waals surface area contributed by atoms with Crippen molar-refractivity contribution in [2.24, 2.45) is 0 Å². The minimum Gasteiger partial charge on any atom is -0.444 e. The standard InChI is InChI=1S/C26H40N2O3/c1-17-14-20-21(15-18(17)2)26(16-22(20)25(7,8)27(9)19(3)29)10-12-28(13-11-26)23(30)31-24(4,5)6/h14-15,22H,10-13,16H2,1-9H3/t22-/m0/s1. The number of amides is 2. The molecule has 1 aliphatic heterocycles. The van der Waals surface area contributed by atoms with Crippen molar-refractivity contribution in [2.75, 3.05) is 20.1 Å². The van der Waals surface area contributed by atoms with E-state index in [9.17, 15) is 9.59 Å². The van der Waals surface area contributed by atoms with Gasteiger partial charge in [-0.2, -0.15) is 0 Å². The van der Waals surface area contributed by atoms with Gasteiger partial charge in [-0.25, -0.2) is 4.79 Å². The summed E-state index contributed by atoms with van der Waals surface area (Å²) in [4.78, 5) is 28.6. The van der Waals surface area contributed by atoms with Gasteiger partial charge in [0.2, 0.25) is 5.91 Å². The van der Waals surface area contributed by atoms with Crippen LogP contribution in [-0.4, -0.2) is 53.1 Å². The van der Waals surface area contributed by atoms with Gasteiger partial charge in [0, 0.05) is 38.5 Å². The Morgan fingerprint density at radius 3 is 2.13 bits per heavy atom. The smallest absolute Gasteiger partial charge is 0.410 e. The molecule has 1 aliphatic carbocycles. The number of likely N-dealkylation sites (N-methyl/N-ethyl adjacent to an activating group) is 1. The molecule has 1 saturated heterocycles. The van der Waals surface area contributed by atoms with E-state index in [2.05, 4.69) is 39.8 Å². The molecular weight excluding hydrogens is 388 g/mol. The van der Waals surface area contributed by atoms with E-state index in [0.29, 0.717) is 13.1 Å². The molecule has 0 bridgehead atoms. The van der Waals surface area contributed by atoms with Gasteiger partial charge in [0.25, 0.3) is 0 Å². The zero-order chi connectivity index (χ0) is 23.4. The van der Waals surface area contributed by atoms with Crippen LogP contribution >= 0.6 is 0 Å². The molecule has 5 heteroatoms. The van der Waals surface area contributed by atoms with Crippen molar-refractivity contribution in [3.63, 3.8) is 0 Å². The second kappa shape index (κ2) is 7.83. The molecule has 0 N–H and O–H groups in total. The van der Waals surface area contributed by atoms with Gasteiger partial charge in [-0.3, -0.25) is 4.79 Å². The minimum atomic E-state index is -0.479. The SMILES string of the molecule is CC(=O)N(C)C(C)(C)[C@H]1CC2(CCN(C(=O)OC(C)(C)C)CC2)c2cc(C)c(C)cc21. The number of benzene rings is 1. The molecule has 2 aliphatic rings. The average Bonchev–Trinajstić information content (AvgIpc) is 2.94. The minimum absolute atomic E-state index is 0.0475. The highest BCUT2D eigenvalue weighted by Gasteiger charge is 2.51. The van der Waals surface area contributed by atoms with Gasteiger partial charge in [0.1, 0.15) is 5.60 Å². The second-order valence-electron chi connectivity index (χ2n) is 11.3. The molecule has 5 nitrogen and oxygen atoms in total. The van der Waals surface area contributed by atoms with Crippen molar-refractivity contribution in [3.05, 3.63) is 34.4 Å². The Morgan fingerprint density at radius 1 is 1.06 bits per heavy atom. The van der Waals surface area contributed by atoms with Crippen LogP contribution < -0.4 is 0 Å². The van der Waals surface area contributed by atoms with E-state index >= 15 is 0 Å². The summed E-state index contributed by atoms with van der Waals surface area (Å²) in [6.45, 7) is 17.5. The fourth-order valence-electron chi connectivity index (χ4n) is 5.38. The number of nitrogens with zero attached hydrogens (tertiary/aromatic N) is 2. The summed E-state index contributed by atoms with van der Waals surface area (Å²) >= 11 is 0. The van der Waals surface area contributed by atoms with E-state index in [1.165, 1.54) is 22.3 Å². The van der Waals surface area contributed by atoms with Gasteiger partial charge in [0.05, 0.1) is 0 Å². The molecule has 1 atom stereocenters. The Morgan fingerprint density at radius 2 is 1.61 bits per heavy atom. The summed E-state index contributed by atoms with van der Waals surface area (Å²) in [5.41, 5.74) is 4.70. The molecule has 2 amide bonds. The van der Waals surface area contributed by atoms with Gasteiger partial charge < -0.3 is 14.5 Å². The van der Waals surface area contributed by atoms with Gasteiger partial charge in [-0.1, -0.05) is 12.1 Å². The number of fused-ring (bicyclic) bond motifs is 2. The van der Waals surface area contributed by atoms with E-state index in [4.69, 9.17) is 4.74 Å². The zero-order valence-electron chi connectivity index (χ0n) is 20.9. The lowest BCUT2D eigenvalue weighted by Crippen LogP contribution is -2.49. The lowest BCUT2D eigenvalue weighted by molar-refractivity contribution is -0.133. The van der Waals surface area contributed by atoms with E-state index < -0.39 is 5.60 Å². The Balaban J connectivity index is 1.93. The van der Waals surface area contributed by atoms with Gasteiger partial charge >= 0.3 is 6.09 Å². The third-order valence-electron chi connectivity index (χ3n) is 7.77. The summed E-state index contributed by atoms with van der Waals surface area (Å²) in [5, 5.41) is 0. The molecule has 0 radical (unpaired) electrons. The number of carbonyl (C=O) groups excluding carboxylic acids is 2. The first-order valence-electron chi connectivity index (χ1n) is 11.5. The molecule has 172 valence electrons. The normalized spacial score (nSPS) is 20.5. The number of likely N-dealkylation sites (tertiary alicyclic amines) is 1. The predicted molar refractivity (Wildman–Crippen MR) is 125 cm³/mol. The van der Waals surface area contributed by atoms with E-state index in [0.717, 1.165) is 19.3 Å². The monoisotopic (exact) mass is 428 g/mol. The highest BCUT2D eigenvalue weighted by molar-refractivity contribution is 5.74. The molecule has 3 rings (SSSR count). The Bertz CT molecular complexity index is 873. The Labute approximate surface area is 188 Å². The molecule has 1 spiro atoms. The van der Waals surface area contributed by atoms with Crippen LogP contribution in [0.1, 0.15) is 89.0 Å². The maximum Gasteiger partial charge on any atom is 0.410 e. The van der Waals surface area contributed by atoms with Crippen molar-refractivity contribution in [3.8, 4) is 0 Å². The lowest BCUT2D eigenvalue weighted by Gasteiger charge is -2.43. The van der Waals surface area contributed by atoms with Crippen LogP contribution in [0.4, 0.5) is 4.79 Å². The number of ether oxygens (including phenoxy) is 1. The topological polar surface area (TPSA) is 49.9 Å². The fourth-order valence-corrected chi connectivity index (χ4v) is 5.38. The molecule has 31 heavy (non-hydrogen) atoms. The highest BCUT2D eigenvalue weighted by Crippen LogP contribution is 2.56. The first kappa shape index (κ1) is 23.6. The summed E-state index contributed by atoms with van der Waals surface area (Å²) in [6.07, 6.45) is 2.66. The van der Waals surface area contributed by atoms with Crippen molar-refractivity contribution in [1.82, 2.24) is 9.80 Å². The highest BCUT2D eigenvalue weighted by atomic mass is 16.6. The number of piperidine rings is 1. The number of aryl methyl sites for hydroxylation is 2. The molecular formula is C26H40N2O3. The van der Waals surface area contributed by atoms with Crippen LogP contribution in [0.5, 0.6) is 0 Å². The van der Waals surface area contributed by atoms with Crippen molar-refractivity contribution < 1.29 is 14.3 Å². The quantitative estimate of drug-likeness (QED) is 0.641. The Kier molecular flexibility index (Phi) is 5.96. The van der Waals surface area contributed by atoms with Crippen LogP contribution in [-0.2, 0) is 14.9 Å². The van der Waals surface area contributed by atoms with Crippen molar-refractivity contribution in [2.45, 2.75) is 97.1 Å². The molecule has 1 aromatic rings. The number of hydrogen-bond donors (Lipinski definition) is 0. The first-order chi connectivity index (χ1) is 14.2. The van der Waals surface area contributed by atoms with E-state index in [1.807, 2.05) is 37.6 Å². The largest absolute Gasteiger partial charge is 0.444 e. The van der Waals surface area contributed by atoms with Crippen LogP contribution in [0.3, 0.4) is 0 Å². The van der Waals surface area contributed by atoms with Crippen LogP contribution in [0.15, 0.2) is 12.1 Å². The summed E-state index contributed by atoms with van der Waals surface area (Å²) in [7, 11) is 1.92. The number of hydrogen-bond acceptors (Lipinski definition) is 3. The van der Waals surface area contributed by atoms with Crippen molar-refractivity contribution >= 4 is 12.0 Å². The molecule has 1 aromatic carbocycles. The number of rotatable bonds is 2. The van der Waals surface area contributed by atoms with Gasteiger partial charge in [0.15, 0.2) is 0 Å². The lowest BCUT2D eigenvalue weighted by atomic mass is 9.71. The molecule has 1 heterocycles. The number of carbonyl (C=O) groups is 2. The fraction of sp³-hybridized carbons (Fsp3) is 0.692. The van der Waals surface area contributed by atoms with Gasteiger partial charge in [-0.15, -0.1) is 0 Å². The zero-order valence-corrected chi connectivity index (χ0v) is 20.9. The molecule has 0 unspecified atom stereocenters. The average molecular weight is 429 g/mol. The predicted octanol–water partition coefficient (Wildman–Crippen LogP) is 5.32. The van der Waals surface area contributed by atoms with Crippen molar-refractivity contribution in [1.29, 1.82) is 0 Å².